The summed E-state index contributed by atoms with van der Waals surface area (Å²) in [6, 6.07) is 10.2. The maximum atomic E-state index is 12.0. The predicted molar refractivity (Wildman–Crippen MR) is 95.2 cm³/mol. The lowest BCUT2D eigenvalue weighted by Gasteiger charge is -2.35. The van der Waals surface area contributed by atoms with Gasteiger partial charge in [-0.1, -0.05) is 44.2 Å². The van der Waals surface area contributed by atoms with Gasteiger partial charge in [-0.05, 0) is 45.1 Å². The highest BCUT2D eigenvalue weighted by Crippen LogP contribution is 2.29. The number of rotatable bonds is 2. The molecular weight excluding hydrogens is 288 g/mol. The molecule has 2 N–H and O–H groups in total. The zero-order chi connectivity index (χ0) is 17.5. The minimum Gasteiger partial charge on any atom is -0.444 e. The number of hydrogen-bond donors (Lipinski definition) is 1. The molecule has 130 valence electrons. The van der Waals surface area contributed by atoms with Gasteiger partial charge in [-0.15, -0.1) is 0 Å². The zero-order valence-corrected chi connectivity index (χ0v) is 15.2. The van der Waals surface area contributed by atoms with Gasteiger partial charge in [0.1, 0.15) is 5.60 Å². The molecule has 1 heterocycles. The molecule has 1 aliphatic heterocycles. The van der Waals surface area contributed by atoms with Gasteiger partial charge >= 0.3 is 6.09 Å². The summed E-state index contributed by atoms with van der Waals surface area (Å²) in [7, 11) is 0. The molecule has 23 heavy (non-hydrogen) atoms. The lowest BCUT2D eigenvalue weighted by atomic mass is 9.86. The number of likely N-dealkylation sites (tertiary alicyclic amines) is 1. The summed E-state index contributed by atoms with van der Waals surface area (Å²) in [5.74, 6) is 0.422. The van der Waals surface area contributed by atoms with Gasteiger partial charge in [-0.2, -0.15) is 0 Å². The van der Waals surface area contributed by atoms with Crippen LogP contribution in [-0.2, 0) is 4.74 Å². The Bertz CT molecular complexity index is 460. The van der Waals surface area contributed by atoms with Crippen LogP contribution in [0.2, 0.25) is 0 Å². The zero-order valence-electron chi connectivity index (χ0n) is 15.2. The Labute approximate surface area is 141 Å². The molecule has 1 amide bonds. The lowest BCUT2D eigenvalue weighted by Crippen LogP contribution is -2.43. The first-order valence-corrected chi connectivity index (χ1v) is 8.65. The van der Waals surface area contributed by atoms with E-state index < -0.39 is 5.60 Å². The van der Waals surface area contributed by atoms with Crippen molar-refractivity contribution >= 4 is 6.09 Å². The number of piperidine rings is 1. The van der Waals surface area contributed by atoms with Crippen molar-refractivity contribution in [3.63, 3.8) is 0 Å². The number of ether oxygens (including phenoxy) is 1. The summed E-state index contributed by atoms with van der Waals surface area (Å²) in [4.78, 5) is 13.8. The molecule has 1 atom stereocenters. The number of amides is 1. The molecule has 0 aromatic heterocycles. The van der Waals surface area contributed by atoms with E-state index in [1.54, 1.807) is 4.90 Å². The van der Waals surface area contributed by atoms with Crippen LogP contribution in [0, 0.1) is 5.92 Å². The van der Waals surface area contributed by atoms with Crippen LogP contribution in [0.15, 0.2) is 30.3 Å². The topological polar surface area (TPSA) is 55.6 Å². The van der Waals surface area contributed by atoms with Gasteiger partial charge in [0.25, 0.3) is 0 Å². The van der Waals surface area contributed by atoms with E-state index in [0.29, 0.717) is 5.92 Å². The van der Waals surface area contributed by atoms with Gasteiger partial charge in [-0.3, -0.25) is 0 Å². The molecular formula is C19H32N2O2. The van der Waals surface area contributed by atoms with Gasteiger partial charge in [0, 0.05) is 19.1 Å². The molecule has 1 aromatic rings. The number of carbonyl (C=O) groups excluding carboxylic acids is 1. The third kappa shape index (κ3) is 6.22. The van der Waals surface area contributed by atoms with Crippen LogP contribution in [0.5, 0.6) is 0 Å². The first-order valence-electron chi connectivity index (χ1n) is 8.65. The van der Waals surface area contributed by atoms with Crippen LogP contribution >= 0.6 is 0 Å². The van der Waals surface area contributed by atoms with E-state index in [9.17, 15) is 4.79 Å². The molecule has 1 aliphatic rings. The van der Waals surface area contributed by atoms with Crippen LogP contribution in [0.3, 0.4) is 0 Å². The summed E-state index contributed by atoms with van der Waals surface area (Å²) in [5, 5.41) is 0. The molecule has 0 bridgehead atoms. The SMILES string of the molecule is CC.CC(C)(C)OC(=O)N1CCC(C(N)c2ccccc2)CC1. The van der Waals surface area contributed by atoms with Crippen molar-refractivity contribution in [1.82, 2.24) is 4.90 Å². The lowest BCUT2D eigenvalue weighted by molar-refractivity contribution is 0.0174. The molecule has 1 unspecified atom stereocenters. The summed E-state index contributed by atoms with van der Waals surface area (Å²) in [6.07, 6.45) is 1.64. The average Bonchev–Trinajstić information content (AvgIpc) is 2.55. The number of hydrogen-bond acceptors (Lipinski definition) is 3. The van der Waals surface area contributed by atoms with Crippen molar-refractivity contribution in [2.75, 3.05) is 13.1 Å². The first kappa shape index (κ1) is 19.5. The number of nitrogens with two attached hydrogens (primary N) is 1. The molecule has 1 fully saturated rings. The van der Waals surface area contributed by atoms with E-state index in [1.165, 1.54) is 5.56 Å². The second kappa shape index (κ2) is 8.92. The van der Waals surface area contributed by atoms with Crippen molar-refractivity contribution in [2.45, 2.75) is 59.1 Å². The molecule has 1 saturated heterocycles. The summed E-state index contributed by atoms with van der Waals surface area (Å²) in [5.41, 5.74) is 7.10. The maximum absolute atomic E-state index is 12.0. The van der Waals surface area contributed by atoms with Crippen molar-refractivity contribution in [1.29, 1.82) is 0 Å². The first-order chi connectivity index (χ1) is 10.9. The Hall–Kier alpha value is -1.55. The van der Waals surface area contributed by atoms with E-state index >= 15 is 0 Å². The molecule has 1 aromatic carbocycles. The van der Waals surface area contributed by atoms with E-state index in [0.717, 1.165) is 25.9 Å². The molecule has 0 radical (unpaired) electrons. The smallest absolute Gasteiger partial charge is 0.410 e. The highest BCUT2D eigenvalue weighted by atomic mass is 16.6. The summed E-state index contributed by atoms with van der Waals surface area (Å²) >= 11 is 0. The molecule has 0 spiro atoms. The third-order valence-electron chi connectivity index (χ3n) is 3.88. The van der Waals surface area contributed by atoms with Gasteiger partial charge < -0.3 is 15.4 Å². The van der Waals surface area contributed by atoms with Crippen molar-refractivity contribution < 1.29 is 9.53 Å². The largest absolute Gasteiger partial charge is 0.444 e. The van der Waals surface area contributed by atoms with E-state index in [2.05, 4.69) is 12.1 Å². The molecule has 0 aliphatic carbocycles. The number of carbonyl (C=O) groups is 1. The predicted octanol–water partition coefficient (Wildman–Crippen LogP) is 4.36. The Morgan fingerprint density at radius 1 is 1.17 bits per heavy atom. The summed E-state index contributed by atoms with van der Waals surface area (Å²) < 4.78 is 5.41. The number of nitrogens with zero attached hydrogens (tertiary/aromatic N) is 1. The van der Waals surface area contributed by atoms with Crippen molar-refractivity contribution in [2.24, 2.45) is 11.7 Å². The standard InChI is InChI=1S/C17H26N2O2.C2H6/c1-17(2,3)21-16(20)19-11-9-14(10-12-19)15(18)13-7-5-4-6-8-13;1-2/h4-8,14-15H,9-12,18H2,1-3H3;1-2H3. The second-order valence-electron chi connectivity index (χ2n) is 6.74. The fourth-order valence-corrected chi connectivity index (χ4v) is 2.72. The van der Waals surface area contributed by atoms with Crippen LogP contribution in [0.1, 0.15) is 59.1 Å². The Morgan fingerprint density at radius 3 is 2.17 bits per heavy atom. The fourth-order valence-electron chi connectivity index (χ4n) is 2.72. The van der Waals surface area contributed by atoms with E-state index in [4.69, 9.17) is 10.5 Å². The minimum absolute atomic E-state index is 0.0481. The Morgan fingerprint density at radius 2 is 1.70 bits per heavy atom. The monoisotopic (exact) mass is 320 g/mol. The highest BCUT2D eigenvalue weighted by molar-refractivity contribution is 5.68. The molecule has 2 rings (SSSR count). The average molecular weight is 320 g/mol. The van der Waals surface area contributed by atoms with Crippen LogP contribution in [0.4, 0.5) is 4.79 Å². The quantitative estimate of drug-likeness (QED) is 0.881. The number of benzene rings is 1. The fraction of sp³-hybridized carbons (Fsp3) is 0.632. The van der Waals surface area contributed by atoms with E-state index in [1.807, 2.05) is 52.8 Å². The summed E-state index contributed by atoms with van der Waals surface area (Å²) in [6.45, 7) is 11.1. The van der Waals surface area contributed by atoms with Crippen LogP contribution in [-0.4, -0.2) is 29.7 Å². The van der Waals surface area contributed by atoms with Gasteiger partial charge in [0.2, 0.25) is 0 Å². The van der Waals surface area contributed by atoms with Crippen molar-refractivity contribution in [3.05, 3.63) is 35.9 Å². The maximum Gasteiger partial charge on any atom is 0.410 e. The molecule has 4 nitrogen and oxygen atoms in total. The van der Waals surface area contributed by atoms with E-state index in [-0.39, 0.29) is 12.1 Å². The Kier molecular flexibility index (Phi) is 7.56. The Balaban J connectivity index is 0.00000127. The van der Waals surface area contributed by atoms with Gasteiger partial charge in [0.05, 0.1) is 0 Å². The van der Waals surface area contributed by atoms with Gasteiger partial charge in [-0.25, -0.2) is 4.79 Å². The minimum atomic E-state index is -0.436. The van der Waals surface area contributed by atoms with Crippen molar-refractivity contribution in [3.8, 4) is 0 Å². The van der Waals surface area contributed by atoms with Crippen LogP contribution < -0.4 is 5.73 Å². The normalized spacial score (nSPS) is 17.0. The molecule has 0 saturated carbocycles. The van der Waals surface area contributed by atoms with Gasteiger partial charge in [0.15, 0.2) is 0 Å². The second-order valence-corrected chi connectivity index (χ2v) is 6.74. The molecule has 4 heteroatoms. The highest BCUT2D eigenvalue weighted by Gasteiger charge is 2.29. The van der Waals surface area contributed by atoms with Crippen LogP contribution in [0.25, 0.3) is 0 Å². The third-order valence-corrected chi connectivity index (χ3v) is 3.88.